The molecule has 0 amide bonds. The molecule has 0 rings (SSSR count). The molecule has 0 bridgehead atoms. The van der Waals surface area contributed by atoms with Gasteiger partial charge in [0.1, 0.15) is 5.78 Å². The van der Waals surface area contributed by atoms with E-state index in [1.807, 2.05) is 20.8 Å². The number of methoxy groups -OCH3 is 1. The molecule has 0 radical (unpaired) electrons. The topological polar surface area (TPSA) is 64.7 Å². The number of nitrogens with two attached hydrogens (primary N) is 1. The maximum Gasteiger partial charge on any atom is 0.208 e. The van der Waals surface area contributed by atoms with Crippen LogP contribution >= 0.6 is 0 Å². The van der Waals surface area contributed by atoms with Crippen LogP contribution in [0.2, 0.25) is 0 Å². The molecule has 0 aromatic carbocycles. The fourth-order valence-corrected chi connectivity index (χ4v) is 2.04. The maximum atomic E-state index is 11.8. The first-order chi connectivity index (χ1) is 7.97. The maximum absolute atomic E-state index is 11.8. The number of hydrogen-bond acceptors (Lipinski definition) is 4. The summed E-state index contributed by atoms with van der Waals surface area (Å²) in [6.45, 7) is 8.14. The molecule has 3 unspecified atom stereocenters. The zero-order valence-electron chi connectivity index (χ0n) is 11.7. The monoisotopic (exact) mass is 242 g/mol. The van der Waals surface area contributed by atoms with Gasteiger partial charge in [-0.2, -0.15) is 0 Å². The summed E-state index contributed by atoms with van der Waals surface area (Å²) in [6, 6.07) is 0. The molecule has 0 fully saturated rings. The zero-order chi connectivity index (χ0) is 13.4. The number of carbonyl (C=O) groups excluding carboxylic acids is 1. The molecule has 0 spiro atoms. The number of ether oxygens (including phenoxy) is 1. The predicted molar refractivity (Wildman–Crippen MR) is 70.7 cm³/mol. The fraction of sp³-hybridized carbons (Fsp3) is 0.846. The number of ketones is 1. The molecule has 4 nitrogen and oxygen atoms in total. The van der Waals surface area contributed by atoms with Crippen molar-refractivity contribution < 1.29 is 9.53 Å². The van der Waals surface area contributed by atoms with E-state index in [9.17, 15) is 4.79 Å². The zero-order valence-corrected chi connectivity index (χ0v) is 11.7. The molecule has 0 aromatic heterocycles. The van der Waals surface area contributed by atoms with Crippen molar-refractivity contribution in [3.63, 3.8) is 0 Å². The minimum atomic E-state index is 0.0910. The lowest BCUT2D eigenvalue weighted by Crippen LogP contribution is -2.24. The Bertz CT molecular complexity index is 264. The van der Waals surface area contributed by atoms with E-state index in [1.165, 1.54) is 0 Å². The smallest absolute Gasteiger partial charge is 0.208 e. The van der Waals surface area contributed by atoms with E-state index in [0.717, 1.165) is 12.8 Å². The standard InChI is InChI=1S/C13H26N2O2/c1-6-7-12(16)11(4)9(2)8-10(3)13(15-14)17-5/h9-11H,6-8,14H2,1-5H3. The number of hydrogen-bond donors (Lipinski definition) is 1. The van der Waals surface area contributed by atoms with Gasteiger partial charge in [0, 0.05) is 18.3 Å². The number of hydrazone groups is 1. The molecule has 4 heteroatoms. The summed E-state index contributed by atoms with van der Waals surface area (Å²) < 4.78 is 5.09. The summed E-state index contributed by atoms with van der Waals surface area (Å²) in [5.41, 5.74) is 0. The van der Waals surface area contributed by atoms with Gasteiger partial charge in [-0.15, -0.1) is 5.10 Å². The van der Waals surface area contributed by atoms with Gasteiger partial charge in [0.2, 0.25) is 5.90 Å². The van der Waals surface area contributed by atoms with Crippen LogP contribution in [0.5, 0.6) is 0 Å². The SMILES string of the molecule is CCCC(=O)C(C)C(C)CC(C)C(=NN)OC. The Balaban J connectivity index is 4.33. The molecule has 3 atom stereocenters. The van der Waals surface area contributed by atoms with Crippen molar-refractivity contribution in [3.05, 3.63) is 0 Å². The molecule has 100 valence electrons. The van der Waals surface area contributed by atoms with E-state index >= 15 is 0 Å². The minimum Gasteiger partial charge on any atom is -0.483 e. The van der Waals surface area contributed by atoms with Gasteiger partial charge in [-0.1, -0.05) is 27.7 Å². The lowest BCUT2D eigenvalue weighted by Gasteiger charge is -2.22. The van der Waals surface area contributed by atoms with E-state index in [1.54, 1.807) is 7.11 Å². The second kappa shape index (κ2) is 8.09. The summed E-state index contributed by atoms with van der Waals surface area (Å²) in [7, 11) is 1.57. The highest BCUT2D eigenvalue weighted by atomic mass is 16.5. The number of carbonyl (C=O) groups is 1. The Morgan fingerprint density at radius 3 is 2.35 bits per heavy atom. The van der Waals surface area contributed by atoms with Crippen molar-refractivity contribution in [2.45, 2.75) is 47.0 Å². The third-order valence-corrected chi connectivity index (χ3v) is 3.34. The predicted octanol–water partition coefficient (Wildman–Crippen LogP) is 2.57. The van der Waals surface area contributed by atoms with Crippen LogP contribution in [0.4, 0.5) is 0 Å². The van der Waals surface area contributed by atoms with Gasteiger partial charge in [-0.25, -0.2) is 0 Å². The van der Waals surface area contributed by atoms with Crippen molar-refractivity contribution in [2.24, 2.45) is 28.7 Å². The average Bonchev–Trinajstić information content (AvgIpc) is 2.29. The second-order valence-electron chi connectivity index (χ2n) is 4.79. The molecular formula is C13H26N2O2. The summed E-state index contributed by atoms with van der Waals surface area (Å²) in [6.07, 6.45) is 2.45. The van der Waals surface area contributed by atoms with Crippen molar-refractivity contribution in [3.8, 4) is 0 Å². The molecule has 0 aromatic rings. The van der Waals surface area contributed by atoms with E-state index in [4.69, 9.17) is 10.6 Å². The van der Waals surface area contributed by atoms with Gasteiger partial charge in [0.25, 0.3) is 0 Å². The molecule has 0 aliphatic carbocycles. The Hall–Kier alpha value is -1.06. The minimum absolute atomic E-state index is 0.0910. The lowest BCUT2D eigenvalue weighted by atomic mass is 9.84. The summed E-state index contributed by atoms with van der Waals surface area (Å²) in [4.78, 5) is 11.8. The lowest BCUT2D eigenvalue weighted by molar-refractivity contribution is -0.123. The van der Waals surface area contributed by atoms with Crippen LogP contribution in [0.3, 0.4) is 0 Å². The largest absolute Gasteiger partial charge is 0.483 e. The molecule has 0 heterocycles. The highest BCUT2D eigenvalue weighted by Crippen LogP contribution is 2.23. The van der Waals surface area contributed by atoms with Crippen molar-refractivity contribution in [1.82, 2.24) is 0 Å². The number of Topliss-reactive ketones (excluding diaryl/α,β-unsaturated/α-hetero) is 1. The first kappa shape index (κ1) is 15.9. The van der Waals surface area contributed by atoms with Crippen molar-refractivity contribution >= 4 is 11.7 Å². The average molecular weight is 242 g/mol. The van der Waals surface area contributed by atoms with Crippen LogP contribution in [0, 0.1) is 17.8 Å². The molecular weight excluding hydrogens is 216 g/mol. The summed E-state index contributed by atoms with van der Waals surface area (Å²) in [5, 5.41) is 3.61. The van der Waals surface area contributed by atoms with E-state index in [0.29, 0.717) is 24.0 Å². The highest BCUT2D eigenvalue weighted by molar-refractivity contribution is 5.81. The molecule has 0 aliphatic heterocycles. The first-order valence-corrected chi connectivity index (χ1v) is 6.32. The number of nitrogens with zero attached hydrogens (tertiary/aromatic N) is 1. The van der Waals surface area contributed by atoms with Gasteiger partial charge in [0.15, 0.2) is 0 Å². The third kappa shape index (κ3) is 5.20. The number of rotatable bonds is 7. The molecule has 0 aliphatic rings. The quantitative estimate of drug-likeness (QED) is 0.323. The van der Waals surface area contributed by atoms with Gasteiger partial charge in [0.05, 0.1) is 7.11 Å². The summed E-state index contributed by atoms with van der Waals surface area (Å²) >= 11 is 0. The van der Waals surface area contributed by atoms with Gasteiger partial charge < -0.3 is 10.6 Å². The highest BCUT2D eigenvalue weighted by Gasteiger charge is 2.23. The van der Waals surface area contributed by atoms with Crippen LogP contribution in [-0.4, -0.2) is 18.8 Å². The Morgan fingerprint density at radius 2 is 1.94 bits per heavy atom. The molecule has 17 heavy (non-hydrogen) atoms. The van der Waals surface area contributed by atoms with Crippen LogP contribution in [-0.2, 0) is 9.53 Å². The fourth-order valence-electron chi connectivity index (χ4n) is 2.04. The van der Waals surface area contributed by atoms with Crippen molar-refractivity contribution in [2.75, 3.05) is 7.11 Å². The third-order valence-electron chi connectivity index (χ3n) is 3.34. The Kier molecular flexibility index (Phi) is 7.59. The Labute approximate surface area is 105 Å². The molecule has 2 N–H and O–H groups in total. The first-order valence-electron chi connectivity index (χ1n) is 6.32. The van der Waals surface area contributed by atoms with Gasteiger partial charge in [-0.05, 0) is 18.8 Å². The van der Waals surface area contributed by atoms with Crippen LogP contribution in [0.25, 0.3) is 0 Å². The van der Waals surface area contributed by atoms with Gasteiger partial charge in [-0.3, -0.25) is 4.79 Å². The molecule has 0 saturated heterocycles. The van der Waals surface area contributed by atoms with E-state index in [2.05, 4.69) is 12.0 Å². The normalized spacial score (nSPS) is 17.4. The van der Waals surface area contributed by atoms with Crippen molar-refractivity contribution in [1.29, 1.82) is 0 Å². The molecule has 0 saturated carbocycles. The van der Waals surface area contributed by atoms with Crippen LogP contribution in [0.1, 0.15) is 47.0 Å². The van der Waals surface area contributed by atoms with E-state index in [-0.39, 0.29) is 11.8 Å². The van der Waals surface area contributed by atoms with E-state index < -0.39 is 0 Å². The Morgan fingerprint density at radius 1 is 1.35 bits per heavy atom. The van der Waals surface area contributed by atoms with Gasteiger partial charge >= 0.3 is 0 Å². The summed E-state index contributed by atoms with van der Waals surface area (Å²) in [5.74, 6) is 6.69. The van der Waals surface area contributed by atoms with Crippen LogP contribution < -0.4 is 5.84 Å². The second-order valence-corrected chi connectivity index (χ2v) is 4.79. The van der Waals surface area contributed by atoms with Crippen LogP contribution in [0.15, 0.2) is 5.10 Å².